The number of rotatable bonds is 4. The Balaban J connectivity index is 2.44. The molecule has 1 fully saturated rings. The van der Waals surface area contributed by atoms with Crippen molar-refractivity contribution in [2.45, 2.75) is 75.9 Å². The van der Waals surface area contributed by atoms with Crippen LogP contribution in [-0.4, -0.2) is 13.1 Å². The van der Waals surface area contributed by atoms with E-state index in [1.54, 1.807) is 0 Å². The average molecular weight is 380 g/mol. The number of benzene rings is 1. The third kappa shape index (κ3) is 3.37. The lowest BCUT2D eigenvalue weighted by molar-refractivity contribution is 0.333. The first-order valence-electron chi connectivity index (χ1n) is 8.77. The van der Waals surface area contributed by atoms with E-state index in [4.69, 9.17) is 0 Å². The van der Waals surface area contributed by atoms with Gasteiger partial charge in [-0.05, 0) is 35.4 Å². The van der Waals surface area contributed by atoms with Gasteiger partial charge in [-0.3, -0.25) is 0 Å². The molecule has 1 N–H and O–H groups in total. The van der Waals surface area contributed by atoms with Gasteiger partial charge < -0.3 is 4.80 Å². The zero-order chi connectivity index (χ0) is 19.1. The standard InChI is InChI=1S/C18H25F5OSi/c1-9(2)25(24,10(3)4)12-7-5-6-11(8-12)13-14(19)16(21)18(23)17(22)15(13)20/h9-12,24H,5-8H2,1-4H3. The van der Waals surface area contributed by atoms with E-state index in [1.807, 2.05) is 27.7 Å². The lowest BCUT2D eigenvalue weighted by Crippen LogP contribution is -2.47. The van der Waals surface area contributed by atoms with Crippen molar-refractivity contribution in [1.29, 1.82) is 0 Å². The molecule has 1 saturated carbocycles. The van der Waals surface area contributed by atoms with Gasteiger partial charge in [0.1, 0.15) is 0 Å². The van der Waals surface area contributed by atoms with Gasteiger partial charge in [0.25, 0.3) is 0 Å². The molecule has 1 aromatic carbocycles. The van der Waals surface area contributed by atoms with Crippen LogP contribution in [0.4, 0.5) is 22.0 Å². The summed E-state index contributed by atoms with van der Waals surface area (Å²) >= 11 is 0. The molecule has 2 atom stereocenters. The van der Waals surface area contributed by atoms with Crippen molar-refractivity contribution in [3.63, 3.8) is 0 Å². The zero-order valence-corrected chi connectivity index (χ0v) is 16.0. The minimum absolute atomic E-state index is 0.0487. The minimum atomic E-state index is -2.76. The molecule has 0 heterocycles. The van der Waals surface area contributed by atoms with Crippen molar-refractivity contribution in [3.8, 4) is 0 Å². The summed E-state index contributed by atoms with van der Waals surface area (Å²) in [5.74, 6) is -10.1. The second kappa shape index (κ2) is 7.35. The maximum Gasteiger partial charge on any atom is 0.200 e. The third-order valence-corrected chi connectivity index (χ3v) is 11.4. The first kappa shape index (κ1) is 20.4. The van der Waals surface area contributed by atoms with Crippen molar-refractivity contribution in [1.82, 2.24) is 0 Å². The van der Waals surface area contributed by atoms with Gasteiger partial charge in [-0.1, -0.05) is 40.5 Å². The predicted octanol–water partition coefficient (Wildman–Crippen LogP) is 6.17. The topological polar surface area (TPSA) is 20.2 Å². The first-order chi connectivity index (χ1) is 11.5. The second-order valence-electron chi connectivity index (χ2n) is 7.74. The predicted molar refractivity (Wildman–Crippen MR) is 89.4 cm³/mol. The van der Waals surface area contributed by atoms with E-state index in [9.17, 15) is 26.7 Å². The summed E-state index contributed by atoms with van der Waals surface area (Å²) in [6, 6.07) is 0. The van der Waals surface area contributed by atoms with Gasteiger partial charge in [0, 0.05) is 5.56 Å². The van der Waals surface area contributed by atoms with Crippen molar-refractivity contribution >= 4 is 8.32 Å². The average Bonchev–Trinajstić information content (AvgIpc) is 2.57. The highest BCUT2D eigenvalue weighted by atomic mass is 28.4. The lowest BCUT2D eigenvalue weighted by Gasteiger charge is -2.44. The summed E-state index contributed by atoms with van der Waals surface area (Å²) in [5.41, 5.74) is -0.744. The summed E-state index contributed by atoms with van der Waals surface area (Å²) in [4.78, 5) is 11.3. The monoisotopic (exact) mass is 380 g/mol. The highest BCUT2D eigenvalue weighted by Gasteiger charge is 2.48. The van der Waals surface area contributed by atoms with Crippen LogP contribution in [0.3, 0.4) is 0 Å². The molecule has 7 heteroatoms. The second-order valence-corrected chi connectivity index (χ2v) is 12.6. The molecule has 0 amide bonds. The van der Waals surface area contributed by atoms with Gasteiger partial charge in [-0.25, -0.2) is 22.0 Å². The quantitative estimate of drug-likeness (QED) is 0.287. The minimum Gasteiger partial charge on any atom is -0.431 e. The summed E-state index contributed by atoms with van der Waals surface area (Å²) in [7, 11) is -2.76. The summed E-state index contributed by atoms with van der Waals surface area (Å²) in [5, 5.41) is 0. The van der Waals surface area contributed by atoms with Crippen LogP contribution in [0, 0.1) is 29.1 Å². The highest BCUT2D eigenvalue weighted by molar-refractivity contribution is 6.76. The Hall–Kier alpha value is -0.953. The van der Waals surface area contributed by atoms with Crippen molar-refractivity contribution < 1.29 is 26.7 Å². The Morgan fingerprint density at radius 1 is 0.800 bits per heavy atom. The smallest absolute Gasteiger partial charge is 0.200 e. The maximum absolute atomic E-state index is 14.2. The van der Waals surface area contributed by atoms with E-state index in [2.05, 4.69) is 0 Å². The van der Waals surface area contributed by atoms with Crippen LogP contribution in [0.15, 0.2) is 0 Å². The van der Waals surface area contributed by atoms with E-state index in [-0.39, 0.29) is 23.0 Å². The van der Waals surface area contributed by atoms with Crippen LogP contribution < -0.4 is 0 Å². The van der Waals surface area contributed by atoms with E-state index in [0.717, 1.165) is 6.42 Å². The first-order valence-corrected chi connectivity index (χ1v) is 10.9. The summed E-state index contributed by atoms with van der Waals surface area (Å²) in [6.45, 7) is 7.75. The number of hydrogen-bond donors (Lipinski definition) is 1. The van der Waals surface area contributed by atoms with E-state index in [1.165, 1.54) is 0 Å². The van der Waals surface area contributed by atoms with Crippen LogP contribution in [0.25, 0.3) is 0 Å². The molecule has 25 heavy (non-hydrogen) atoms. The van der Waals surface area contributed by atoms with Gasteiger partial charge in [-0.2, -0.15) is 0 Å². The lowest BCUT2D eigenvalue weighted by atomic mass is 9.83. The molecule has 0 aliphatic heterocycles. The fraction of sp³-hybridized carbons (Fsp3) is 0.667. The van der Waals surface area contributed by atoms with Crippen LogP contribution in [-0.2, 0) is 0 Å². The molecule has 0 radical (unpaired) electrons. The van der Waals surface area contributed by atoms with Crippen molar-refractivity contribution in [2.75, 3.05) is 0 Å². The molecule has 142 valence electrons. The molecule has 2 rings (SSSR count). The largest absolute Gasteiger partial charge is 0.431 e. The Morgan fingerprint density at radius 2 is 1.24 bits per heavy atom. The Morgan fingerprint density at radius 3 is 1.68 bits per heavy atom. The molecule has 0 aromatic heterocycles. The summed E-state index contributed by atoms with van der Waals surface area (Å²) in [6.07, 6.45) is 1.95. The van der Waals surface area contributed by atoms with Gasteiger partial charge in [0.05, 0.1) is 0 Å². The number of hydrogen-bond acceptors (Lipinski definition) is 1. The fourth-order valence-electron chi connectivity index (χ4n) is 4.46. The fourth-order valence-corrected chi connectivity index (χ4v) is 9.01. The molecule has 1 nitrogen and oxygen atoms in total. The van der Waals surface area contributed by atoms with E-state index < -0.39 is 48.9 Å². The molecular formula is C18H25F5OSi. The highest BCUT2D eigenvalue weighted by Crippen LogP contribution is 2.51. The van der Waals surface area contributed by atoms with Crippen LogP contribution in [0.2, 0.25) is 16.6 Å². The van der Waals surface area contributed by atoms with Gasteiger partial charge in [0.2, 0.25) is 5.82 Å². The SMILES string of the molecule is CC(C)[Si](O)(C(C)C)C1CCCC(c2c(F)c(F)c(F)c(F)c2F)C1. The summed E-state index contributed by atoms with van der Waals surface area (Å²) < 4.78 is 68.7. The normalized spacial score (nSPS) is 22.1. The Kier molecular flexibility index (Phi) is 5.98. The Bertz CT molecular complexity index is 610. The molecule has 2 unspecified atom stereocenters. The van der Waals surface area contributed by atoms with Gasteiger partial charge in [0.15, 0.2) is 31.6 Å². The third-order valence-electron chi connectivity index (χ3n) is 5.83. The van der Waals surface area contributed by atoms with E-state index >= 15 is 0 Å². The van der Waals surface area contributed by atoms with E-state index in [0.29, 0.717) is 12.8 Å². The molecule has 0 spiro atoms. The molecular weight excluding hydrogens is 355 g/mol. The van der Waals surface area contributed by atoms with Crippen molar-refractivity contribution in [2.24, 2.45) is 0 Å². The maximum atomic E-state index is 14.2. The zero-order valence-electron chi connectivity index (χ0n) is 15.0. The Labute approximate surface area is 146 Å². The molecule has 0 saturated heterocycles. The van der Waals surface area contributed by atoms with Crippen LogP contribution in [0.5, 0.6) is 0 Å². The molecule has 1 aromatic rings. The molecule has 1 aliphatic carbocycles. The van der Waals surface area contributed by atoms with Gasteiger partial charge in [-0.15, -0.1) is 0 Å². The van der Waals surface area contributed by atoms with Crippen molar-refractivity contribution in [3.05, 3.63) is 34.6 Å². The van der Waals surface area contributed by atoms with Crippen LogP contribution in [0.1, 0.15) is 64.9 Å². The number of halogens is 5. The molecule has 1 aliphatic rings. The van der Waals surface area contributed by atoms with Crippen LogP contribution >= 0.6 is 0 Å². The van der Waals surface area contributed by atoms with Gasteiger partial charge >= 0.3 is 0 Å². The molecule has 0 bridgehead atoms.